The van der Waals surface area contributed by atoms with Gasteiger partial charge in [0.15, 0.2) is 0 Å². The molecule has 6 aromatic carbocycles. The van der Waals surface area contributed by atoms with Gasteiger partial charge in [-0.1, -0.05) is 109 Å². The van der Waals surface area contributed by atoms with Crippen LogP contribution in [-0.4, -0.2) is 19.9 Å². The standard InChI is InChI=1S/C44H26N4O2/c1-5-13-33-29(9-1)39(27-17-19-37(47-25-27)43-45-21-23-49-43)30-10-2-6-14-34(30)41(33)42-35-15-7-3-11-31(35)40(32-12-4-8-16-36(32)42)28-18-20-38(48-26-28)44-46-22-24-50-44/h1-26H. The first-order valence-corrected chi connectivity index (χ1v) is 16.4. The molecule has 0 atom stereocenters. The summed E-state index contributed by atoms with van der Waals surface area (Å²) in [6.07, 6.45) is 10.3. The molecular formula is C44H26N4O2. The Morgan fingerprint density at radius 2 is 0.640 bits per heavy atom. The first kappa shape index (κ1) is 28.1. The minimum Gasteiger partial charge on any atom is -0.443 e. The first-order chi connectivity index (χ1) is 24.8. The third kappa shape index (κ3) is 4.36. The summed E-state index contributed by atoms with van der Waals surface area (Å²) in [6, 6.07) is 43.1. The molecule has 4 heterocycles. The molecule has 0 aliphatic carbocycles. The van der Waals surface area contributed by atoms with E-state index in [9.17, 15) is 0 Å². The molecule has 0 fully saturated rings. The molecule has 0 radical (unpaired) electrons. The van der Waals surface area contributed by atoms with Crippen LogP contribution in [0.5, 0.6) is 0 Å². The number of hydrogen-bond donors (Lipinski definition) is 0. The number of fused-ring (bicyclic) bond motifs is 4. The summed E-state index contributed by atoms with van der Waals surface area (Å²) in [5, 5.41) is 9.36. The fraction of sp³-hybridized carbons (Fsp3) is 0. The van der Waals surface area contributed by atoms with Gasteiger partial charge in [0.2, 0.25) is 11.8 Å². The van der Waals surface area contributed by atoms with Crippen molar-refractivity contribution in [1.29, 1.82) is 0 Å². The van der Waals surface area contributed by atoms with Crippen LogP contribution in [0.15, 0.2) is 167 Å². The quantitative estimate of drug-likeness (QED) is 0.174. The zero-order chi connectivity index (χ0) is 33.0. The van der Waals surface area contributed by atoms with Gasteiger partial charge in [0.05, 0.1) is 12.4 Å². The average Bonchev–Trinajstić information content (AvgIpc) is 3.93. The topological polar surface area (TPSA) is 77.8 Å². The molecule has 0 aliphatic rings. The lowest BCUT2D eigenvalue weighted by molar-refractivity contribution is 0.572. The summed E-state index contributed by atoms with van der Waals surface area (Å²) in [5.74, 6) is 1.01. The monoisotopic (exact) mass is 642 g/mol. The highest BCUT2D eigenvalue weighted by Crippen LogP contribution is 2.49. The zero-order valence-corrected chi connectivity index (χ0v) is 26.6. The van der Waals surface area contributed by atoms with Crippen molar-refractivity contribution in [2.75, 3.05) is 0 Å². The van der Waals surface area contributed by atoms with Gasteiger partial charge in [-0.25, -0.2) is 9.97 Å². The molecule has 0 N–H and O–H groups in total. The first-order valence-electron chi connectivity index (χ1n) is 16.4. The maximum Gasteiger partial charge on any atom is 0.244 e. The van der Waals surface area contributed by atoms with Crippen molar-refractivity contribution in [3.05, 3.63) is 159 Å². The predicted molar refractivity (Wildman–Crippen MR) is 199 cm³/mol. The van der Waals surface area contributed by atoms with Crippen LogP contribution in [0.3, 0.4) is 0 Å². The van der Waals surface area contributed by atoms with Crippen LogP contribution in [-0.2, 0) is 0 Å². The molecule has 234 valence electrons. The van der Waals surface area contributed by atoms with Crippen molar-refractivity contribution in [2.45, 2.75) is 0 Å². The molecule has 10 aromatic rings. The number of benzene rings is 6. The van der Waals surface area contributed by atoms with Gasteiger partial charge < -0.3 is 8.83 Å². The van der Waals surface area contributed by atoms with Crippen molar-refractivity contribution >= 4 is 43.1 Å². The largest absolute Gasteiger partial charge is 0.443 e. The molecule has 0 unspecified atom stereocenters. The fourth-order valence-corrected chi connectivity index (χ4v) is 7.45. The summed E-state index contributed by atoms with van der Waals surface area (Å²) < 4.78 is 11.0. The molecule has 10 rings (SSSR count). The normalized spacial score (nSPS) is 11.6. The molecule has 0 saturated heterocycles. The Kier molecular flexibility index (Phi) is 6.39. The number of rotatable bonds is 5. The van der Waals surface area contributed by atoms with Gasteiger partial charge >= 0.3 is 0 Å². The molecule has 50 heavy (non-hydrogen) atoms. The third-order valence-electron chi connectivity index (χ3n) is 9.52. The Labute approximate surface area is 286 Å². The second-order valence-corrected chi connectivity index (χ2v) is 12.2. The summed E-state index contributed by atoms with van der Waals surface area (Å²) in [5.41, 5.74) is 8.17. The third-order valence-corrected chi connectivity index (χ3v) is 9.52. The summed E-state index contributed by atoms with van der Waals surface area (Å²) in [7, 11) is 0. The molecule has 0 bridgehead atoms. The highest BCUT2D eigenvalue weighted by Gasteiger charge is 2.22. The predicted octanol–water partition coefficient (Wildman–Crippen LogP) is 11.4. The van der Waals surface area contributed by atoms with Gasteiger partial charge in [0.25, 0.3) is 0 Å². The van der Waals surface area contributed by atoms with Crippen LogP contribution in [0, 0.1) is 0 Å². The van der Waals surface area contributed by atoms with Gasteiger partial charge in [0.1, 0.15) is 23.9 Å². The Morgan fingerprint density at radius 1 is 0.320 bits per heavy atom. The van der Waals surface area contributed by atoms with Gasteiger partial charge in [-0.3, -0.25) is 9.97 Å². The van der Waals surface area contributed by atoms with Crippen LogP contribution in [0.4, 0.5) is 0 Å². The Bertz CT molecular complexity index is 2530. The van der Waals surface area contributed by atoms with Crippen molar-refractivity contribution < 1.29 is 8.83 Å². The van der Waals surface area contributed by atoms with Gasteiger partial charge in [-0.05, 0) is 77.5 Å². The van der Waals surface area contributed by atoms with Crippen LogP contribution in [0.25, 0.3) is 99.6 Å². The maximum absolute atomic E-state index is 5.51. The van der Waals surface area contributed by atoms with Crippen molar-refractivity contribution in [2.24, 2.45) is 0 Å². The minimum absolute atomic E-state index is 0.505. The van der Waals surface area contributed by atoms with Gasteiger partial charge in [-0.2, -0.15) is 0 Å². The van der Waals surface area contributed by atoms with Gasteiger partial charge in [-0.15, -0.1) is 0 Å². The summed E-state index contributed by atoms with van der Waals surface area (Å²) >= 11 is 0. The summed E-state index contributed by atoms with van der Waals surface area (Å²) in [4.78, 5) is 18.1. The number of hydrogen-bond acceptors (Lipinski definition) is 6. The van der Waals surface area contributed by atoms with E-state index >= 15 is 0 Å². The van der Waals surface area contributed by atoms with Crippen molar-refractivity contribution in [3.8, 4) is 56.6 Å². The number of nitrogens with zero attached hydrogens (tertiary/aromatic N) is 4. The van der Waals surface area contributed by atoms with E-state index in [1.165, 1.54) is 32.7 Å². The molecular weight excluding hydrogens is 617 g/mol. The smallest absolute Gasteiger partial charge is 0.244 e. The highest BCUT2D eigenvalue weighted by molar-refractivity contribution is 6.29. The Balaban J connectivity index is 1.27. The lowest BCUT2D eigenvalue weighted by Crippen LogP contribution is -1.95. The Morgan fingerprint density at radius 3 is 0.900 bits per heavy atom. The molecule has 4 aromatic heterocycles. The lowest BCUT2D eigenvalue weighted by Gasteiger charge is -2.22. The van der Waals surface area contributed by atoms with E-state index < -0.39 is 0 Å². The molecule has 6 nitrogen and oxygen atoms in total. The van der Waals surface area contributed by atoms with E-state index in [-0.39, 0.29) is 0 Å². The SMILES string of the molecule is c1ccc2c(-c3c4ccccc4c(-c4ccc(-c5ncco5)nc4)c4ccccc34)c3ccccc3c(-c3ccc(-c4ncco4)nc3)c2c1. The van der Waals surface area contributed by atoms with Gasteiger partial charge in [0, 0.05) is 23.5 Å². The number of aromatic nitrogens is 4. The minimum atomic E-state index is 0.505. The van der Waals surface area contributed by atoms with Crippen LogP contribution < -0.4 is 0 Å². The van der Waals surface area contributed by atoms with E-state index in [4.69, 9.17) is 18.8 Å². The second kappa shape index (κ2) is 11.4. The average molecular weight is 643 g/mol. The summed E-state index contributed by atoms with van der Waals surface area (Å²) in [6.45, 7) is 0. The van der Waals surface area contributed by atoms with Crippen LogP contribution in [0.1, 0.15) is 0 Å². The maximum atomic E-state index is 5.51. The molecule has 6 heteroatoms. The van der Waals surface area contributed by atoms with Crippen molar-refractivity contribution in [3.63, 3.8) is 0 Å². The van der Waals surface area contributed by atoms with Crippen LogP contribution in [0.2, 0.25) is 0 Å². The van der Waals surface area contributed by atoms with E-state index in [0.717, 1.165) is 43.8 Å². The molecule has 0 amide bonds. The van der Waals surface area contributed by atoms with E-state index in [0.29, 0.717) is 23.2 Å². The molecule has 0 aliphatic heterocycles. The highest BCUT2D eigenvalue weighted by atomic mass is 16.3. The molecule has 0 saturated carbocycles. The lowest BCUT2D eigenvalue weighted by atomic mass is 9.81. The zero-order valence-electron chi connectivity index (χ0n) is 26.6. The van der Waals surface area contributed by atoms with Crippen LogP contribution >= 0.6 is 0 Å². The fourth-order valence-electron chi connectivity index (χ4n) is 7.45. The van der Waals surface area contributed by atoms with Crippen molar-refractivity contribution in [1.82, 2.24) is 19.9 Å². The number of pyridine rings is 2. The second-order valence-electron chi connectivity index (χ2n) is 12.2. The van der Waals surface area contributed by atoms with E-state index in [1.54, 1.807) is 24.9 Å². The number of oxazole rings is 2. The Hall–Kier alpha value is -6.92. The molecule has 0 spiro atoms. The van der Waals surface area contributed by atoms with E-state index in [1.807, 2.05) is 24.5 Å². The van der Waals surface area contributed by atoms with E-state index in [2.05, 4.69) is 119 Å².